The summed E-state index contributed by atoms with van der Waals surface area (Å²) in [6.45, 7) is 2.31. The molecule has 0 spiro atoms. The van der Waals surface area contributed by atoms with E-state index >= 15 is 0 Å². The number of hydroxylamine groups is 1. The summed E-state index contributed by atoms with van der Waals surface area (Å²) in [6.07, 6.45) is 2.14. The summed E-state index contributed by atoms with van der Waals surface area (Å²) >= 11 is 0. The van der Waals surface area contributed by atoms with Crippen molar-refractivity contribution in [1.29, 1.82) is 0 Å². The Morgan fingerprint density at radius 1 is 1.13 bits per heavy atom. The lowest BCUT2D eigenvalue weighted by Crippen LogP contribution is -2.16. The fraction of sp³-hybridized carbons (Fsp3) is 0.500. The number of benzene rings is 1. The predicted octanol–water partition coefficient (Wildman–Crippen LogP) is 2.13. The Morgan fingerprint density at radius 3 is 2.67 bits per heavy atom. The van der Waals surface area contributed by atoms with Gasteiger partial charge in [0, 0.05) is 20.3 Å². The molecule has 1 rings (SSSR count). The summed E-state index contributed by atoms with van der Waals surface area (Å²) in [6, 6.07) is 10.1. The number of ether oxygens (including phenoxy) is 1. The first-order valence-electron chi connectivity index (χ1n) is 5.31. The van der Waals surface area contributed by atoms with Crippen molar-refractivity contribution in [2.75, 3.05) is 20.3 Å². The molecule has 0 amide bonds. The van der Waals surface area contributed by atoms with Crippen LogP contribution < -0.4 is 5.48 Å². The van der Waals surface area contributed by atoms with Crippen molar-refractivity contribution in [2.45, 2.75) is 19.4 Å². The highest BCUT2D eigenvalue weighted by Crippen LogP contribution is 1.98. The molecule has 0 saturated heterocycles. The van der Waals surface area contributed by atoms with Crippen LogP contribution in [0.5, 0.6) is 0 Å². The van der Waals surface area contributed by atoms with Crippen molar-refractivity contribution in [1.82, 2.24) is 5.48 Å². The Morgan fingerprint density at radius 2 is 1.93 bits per heavy atom. The van der Waals surface area contributed by atoms with E-state index in [1.54, 1.807) is 7.11 Å². The highest BCUT2D eigenvalue weighted by molar-refractivity contribution is 5.13. The monoisotopic (exact) mass is 209 g/mol. The molecule has 0 aliphatic rings. The fourth-order valence-corrected chi connectivity index (χ4v) is 1.22. The second-order valence-electron chi connectivity index (χ2n) is 3.37. The molecule has 1 aromatic rings. The molecule has 0 atom stereocenters. The molecular weight excluding hydrogens is 190 g/mol. The molecule has 0 unspecified atom stereocenters. The van der Waals surface area contributed by atoms with E-state index in [-0.39, 0.29) is 0 Å². The maximum absolute atomic E-state index is 5.31. The van der Waals surface area contributed by atoms with Gasteiger partial charge >= 0.3 is 0 Å². The van der Waals surface area contributed by atoms with E-state index in [1.165, 1.54) is 5.56 Å². The standard InChI is InChI=1S/C12H19NO2/c1-14-10-6-5-9-13-15-11-12-7-3-2-4-8-12/h2-4,7-8,13H,5-6,9-11H2,1H3. The second-order valence-corrected chi connectivity index (χ2v) is 3.37. The van der Waals surface area contributed by atoms with Gasteiger partial charge in [0.1, 0.15) is 0 Å². The molecule has 0 fully saturated rings. The van der Waals surface area contributed by atoms with Crippen LogP contribution in [-0.2, 0) is 16.2 Å². The lowest BCUT2D eigenvalue weighted by Gasteiger charge is -2.05. The average molecular weight is 209 g/mol. The second kappa shape index (κ2) is 8.41. The van der Waals surface area contributed by atoms with Gasteiger partial charge in [-0.25, -0.2) is 5.48 Å². The van der Waals surface area contributed by atoms with Crippen LogP contribution in [-0.4, -0.2) is 20.3 Å². The van der Waals surface area contributed by atoms with Crippen molar-refractivity contribution >= 4 is 0 Å². The third-order valence-electron chi connectivity index (χ3n) is 2.06. The molecule has 1 N–H and O–H groups in total. The molecule has 3 heteroatoms. The van der Waals surface area contributed by atoms with E-state index in [0.717, 1.165) is 26.0 Å². The van der Waals surface area contributed by atoms with Gasteiger partial charge in [-0.1, -0.05) is 30.3 Å². The summed E-state index contributed by atoms with van der Waals surface area (Å²) in [5.41, 5.74) is 4.12. The van der Waals surface area contributed by atoms with Crippen LogP contribution in [0.4, 0.5) is 0 Å². The fourth-order valence-electron chi connectivity index (χ4n) is 1.22. The number of methoxy groups -OCH3 is 1. The van der Waals surface area contributed by atoms with Crippen molar-refractivity contribution in [2.24, 2.45) is 0 Å². The first-order chi connectivity index (χ1) is 7.43. The number of hydrogen-bond acceptors (Lipinski definition) is 3. The third kappa shape index (κ3) is 6.23. The average Bonchev–Trinajstić information content (AvgIpc) is 2.29. The first-order valence-corrected chi connectivity index (χ1v) is 5.31. The van der Waals surface area contributed by atoms with Crippen molar-refractivity contribution in [3.63, 3.8) is 0 Å². The van der Waals surface area contributed by atoms with Crippen molar-refractivity contribution < 1.29 is 9.57 Å². The van der Waals surface area contributed by atoms with E-state index < -0.39 is 0 Å². The van der Waals surface area contributed by atoms with Gasteiger partial charge < -0.3 is 4.74 Å². The summed E-state index contributed by atoms with van der Waals surface area (Å²) in [7, 11) is 1.72. The Bertz CT molecular complexity index is 239. The zero-order valence-corrected chi connectivity index (χ0v) is 9.24. The van der Waals surface area contributed by atoms with E-state index in [0.29, 0.717) is 6.61 Å². The molecule has 15 heavy (non-hydrogen) atoms. The summed E-state index contributed by atoms with van der Waals surface area (Å²) in [5, 5.41) is 0. The van der Waals surface area contributed by atoms with E-state index in [4.69, 9.17) is 9.57 Å². The third-order valence-corrected chi connectivity index (χ3v) is 2.06. The maximum atomic E-state index is 5.31. The number of hydrogen-bond donors (Lipinski definition) is 1. The Hall–Kier alpha value is -0.900. The molecule has 84 valence electrons. The van der Waals surface area contributed by atoms with Gasteiger partial charge in [0.15, 0.2) is 0 Å². The minimum absolute atomic E-state index is 0.616. The molecule has 0 aromatic heterocycles. The van der Waals surface area contributed by atoms with Crippen LogP contribution in [0.3, 0.4) is 0 Å². The smallest absolute Gasteiger partial charge is 0.0933 e. The summed E-state index contributed by atoms with van der Waals surface area (Å²) in [4.78, 5) is 5.31. The highest BCUT2D eigenvalue weighted by Gasteiger charge is 1.91. The molecule has 0 aliphatic heterocycles. The quantitative estimate of drug-likeness (QED) is 0.525. The van der Waals surface area contributed by atoms with E-state index in [1.807, 2.05) is 30.3 Å². The van der Waals surface area contributed by atoms with E-state index in [2.05, 4.69) is 5.48 Å². The topological polar surface area (TPSA) is 30.5 Å². The zero-order valence-electron chi connectivity index (χ0n) is 9.24. The van der Waals surface area contributed by atoms with Crippen molar-refractivity contribution in [3.05, 3.63) is 35.9 Å². The lowest BCUT2D eigenvalue weighted by atomic mass is 10.2. The van der Waals surface area contributed by atoms with Crippen LogP contribution in [0.2, 0.25) is 0 Å². The summed E-state index contributed by atoms with van der Waals surface area (Å²) < 4.78 is 4.95. The molecule has 0 heterocycles. The number of unbranched alkanes of at least 4 members (excludes halogenated alkanes) is 1. The lowest BCUT2D eigenvalue weighted by molar-refractivity contribution is 0.0263. The van der Waals surface area contributed by atoms with Crippen LogP contribution in [0.25, 0.3) is 0 Å². The van der Waals surface area contributed by atoms with Crippen LogP contribution in [0, 0.1) is 0 Å². The van der Waals surface area contributed by atoms with Gasteiger partial charge in [0.25, 0.3) is 0 Å². The number of rotatable bonds is 8. The van der Waals surface area contributed by atoms with Gasteiger partial charge in [-0.15, -0.1) is 0 Å². The van der Waals surface area contributed by atoms with Crippen LogP contribution >= 0.6 is 0 Å². The van der Waals surface area contributed by atoms with Gasteiger partial charge in [-0.05, 0) is 18.4 Å². The molecule has 0 aliphatic carbocycles. The van der Waals surface area contributed by atoms with Gasteiger partial charge in [0.05, 0.1) is 6.61 Å². The van der Waals surface area contributed by atoms with Crippen LogP contribution in [0.1, 0.15) is 18.4 Å². The van der Waals surface area contributed by atoms with E-state index in [9.17, 15) is 0 Å². The van der Waals surface area contributed by atoms with Gasteiger partial charge in [-0.2, -0.15) is 0 Å². The van der Waals surface area contributed by atoms with Crippen LogP contribution in [0.15, 0.2) is 30.3 Å². The Kier molecular flexibility index (Phi) is 6.83. The predicted molar refractivity (Wildman–Crippen MR) is 60.3 cm³/mol. The molecule has 0 saturated carbocycles. The van der Waals surface area contributed by atoms with Crippen molar-refractivity contribution in [3.8, 4) is 0 Å². The molecule has 1 aromatic carbocycles. The molecule has 0 bridgehead atoms. The summed E-state index contributed by atoms with van der Waals surface area (Å²) in [5.74, 6) is 0. The SMILES string of the molecule is COCCCCNOCc1ccccc1. The number of nitrogens with one attached hydrogen (secondary N) is 1. The van der Waals surface area contributed by atoms with Gasteiger partial charge in [0.2, 0.25) is 0 Å². The Labute approximate surface area is 91.4 Å². The largest absolute Gasteiger partial charge is 0.385 e. The minimum atomic E-state index is 0.616. The Balaban J connectivity index is 1.93. The maximum Gasteiger partial charge on any atom is 0.0933 e. The minimum Gasteiger partial charge on any atom is -0.385 e. The highest BCUT2D eigenvalue weighted by atomic mass is 16.6. The molecular formula is C12H19NO2. The van der Waals surface area contributed by atoms with Gasteiger partial charge in [-0.3, -0.25) is 4.84 Å². The normalized spacial score (nSPS) is 10.5. The molecule has 3 nitrogen and oxygen atoms in total. The molecule has 0 radical (unpaired) electrons. The zero-order chi connectivity index (χ0) is 10.8. The first kappa shape index (κ1) is 12.2.